The van der Waals surface area contributed by atoms with Gasteiger partial charge >= 0.3 is 0 Å². The molecule has 0 aliphatic carbocycles. The van der Waals surface area contributed by atoms with Gasteiger partial charge in [-0.25, -0.2) is 8.42 Å². The molecule has 0 unspecified atom stereocenters. The van der Waals surface area contributed by atoms with Gasteiger partial charge in [0.05, 0.1) is 16.4 Å². The average molecular weight is 402 g/mol. The lowest BCUT2D eigenvalue weighted by Crippen LogP contribution is -2.40. The third-order valence-electron chi connectivity index (χ3n) is 5.03. The molecule has 1 fully saturated rings. The van der Waals surface area contributed by atoms with Crippen molar-refractivity contribution in [3.05, 3.63) is 75.3 Å². The van der Waals surface area contributed by atoms with E-state index in [1.54, 1.807) is 6.07 Å². The van der Waals surface area contributed by atoms with Crippen LogP contribution in [-0.2, 0) is 22.8 Å². The van der Waals surface area contributed by atoms with Crippen molar-refractivity contribution in [2.75, 3.05) is 11.5 Å². The molecule has 0 saturated carbocycles. The Kier molecular flexibility index (Phi) is 5.79. The van der Waals surface area contributed by atoms with Gasteiger partial charge in [0.1, 0.15) is 5.56 Å². The summed E-state index contributed by atoms with van der Waals surface area (Å²) in [5.41, 5.74) is 1.71. The number of carbonyl (C=O) groups excluding carboxylic acids is 1. The number of nitro benzene ring substituents is 1. The Morgan fingerprint density at radius 3 is 2.36 bits per heavy atom. The lowest BCUT2D eigenvalue weighted by atomic mass is 10.1. The van der Waals surface area contributed by atoms with Crippen molar-refractivity contribution < 1.29 is 18.1 Å². The van der Waals surface area contributed by atoms with Gasteiger partial charge in [0.2, 0.25) is 0 Å². The number of hydrogen-bond donors (Lipinski definition) is 0. The number of hydrogen-bond acceptors (Lipinski definition) is 5. The summed E-state index contributed by atoms with van der Waals surface area (Å²) in [7, 11) is -3.21. The summed E-state index contributed by atoms with van der Waals surface area (Å²) < 4.78 is 23.9. The molecule has 0 aromatic heterocycles. The summed E-state index contributed by atoms with van der Waals surface area (Å²) in [5, 5.41) is 11.3. The van der Waals surface area contributed by atoms with E-state index in [1.807, 2.05) is 31.2 Å². The topological polar surface area (TPSA) is 97.6 Å². The van der Waals surface area contributed by atoms with Crippen LogP contribution < -0.4 is 0 Å². The van der Waals surface area contributed by atoms with E-state index in [4.69, 9.17) is 0 Å². The monoisotopic (exact) mass is 402 g/mol. The standard InChI is InChI=1S/C20H22N2O5S/c1-2-15-7-9-16(10-8-15)13-21(17-11-12-28(26,27)14-17)20(23)18-5-3-4-6-19(18)22(24)25/h3-10,17H,2,11-14H2,1H3/t17-/m0/s1. The van der Waals surface area contributed by atoms with Gasteiger partial charge in [-0.1, -0.05) is 43.3 Å². The van der Waals surface area contributed by atoms with Crippen molar-refractivity contribution in [3.8, 4) is 0 Å². The van der Waals surface area contributed by atoms with Gasteiger partial charge in [-0.15, -0.1) is 0 Å². The Morgan fingerprint density at radius 1 is 1.14 bits per heavy atom. The van der Waals surface area contributed by atoms with Crippen molar-refractivity contribution in [1.29, 1.82) is 0 Å². The van der Waals surface area contributed by atoms with Crippen LogP contribution in [0.3, 0.4) is 0 Å². The van der Waals surface area contributed by atoms with Crippen molar-refractivity contribution >= 4 is 21.4 Å². The number of rotatable bonds is 6. The van der Waals surface area contributed by atoms with Crippen LogP contribution in [-0.4, -0.2) is 41.7 Å². The Morgan fingerprint density at radius 2 is 1.79 bits per heavy atom. The first kappa shape index (κ1) is 20.0. The van der Waals surface area contributed by atoms with Gasteiger partial charge in [-0.05, 0) is 30.0 Å². The zero-order chi connectivity index (χ0) is 20.3. The zero-order valence-corrected chi connectivity index (χ0v) is 16.4. The molecule has 0 radical (unpaired) electrons. The second-order valence-corrected chi connectivity index (χ2v) is 9.16. The highest BCUT2D eigenvalue weighted by Gasteiger charge is 2.36. The highest BCUT2D eigenvalue weighted by Crippen LogP contribution is 2.26. The second-order valence-electron chi connectivity index (χ2n) is 6.93. The molecular formula is C20H22N2O5S. The van der Waals surface area contributed by atoms with E-state index in [0.717, 1.165) is 17.5 Å². The molecule has 3 rings (SSSR count). The van der Waals surface area contributed by atoms with Gasteiger partial charge < -0.3 is 4.90 Å². The van der Waals surface area contributed by atoms with E-state index in [2.05, 4.69) is 0 Å². The number of aryl methyl sites for hydroxylation is 1. The van der Waals surface area contributed by atoms with Crippen molar-refractivity contribution in [1.82, 2.24) is 4.90 Å². The average Bonchev–Trinajstić information content (AvgIpc) is 3.05. The molecule has 0 spiro atoms. The fraction of sp³-hybridized carbons (Fsp3) is 0.350. The molecule has 148 valence electrons. The van der Waals surface area contributed by atoms with Crippen LogP contribution in [0.25, 0.3) is 0 Å². The van der Waals surface area contributed by atoms with Crippen LogP contribution in [0.4, 0.5) is 5.69 Å². The largest absolute Gasteiger partial charge is 0.330 e. The molecule has 1 amide bonds. The van der Waals surface area contributed by atoms with Crippen LogP contribution >= 0.6 is 0 Å². The van der Waals surface area contributed by atoms with E-state index in [1.165, 1.54) is 23.1 Å². The smallest absolute Gasteiger partial charge is 0.282 e. The van der Waals surface area contributed by atoms with Crippen LogP contribution in [0.2, 0.25) is 0 Å². The zero-order valence-electron chi connectivity index (χ0n) is 15.6. The molecule has 0 N–H and O–H groups in total. The number of amides is 1. The number of sulfone groups is 1. The molecule has 1 aliphatic rings. The second kappa shape index (κ2) is 8.10. The van der Waals surface area contributed by atoms with Gasteiger partial charge in [0.15, 0.2) is 9.84 Å². The third kappa shape index (κ3) is 4.39. The normalized spacial score (nSPS) is 18.0. The summed E-state index contributed by atoms with van der Waals surface area (Å²) in [6.45, 7) is 2.25. The van der Waals surface area contributed by atoms with E-state index >= 15 is 0 Å². The molecule has 1 atom stereocenters. The third-order valence-corrected chi connectivity index (χ3v) is 6.78. The molecule has 2 aromatic carbocycles. The predicted octanol–water partition coefficient (Wildman–Crippen LogP) is 2.99. The van der Waals surface area contributed by atoms with E-state index in [-0.39, 0.29) is 29.3 Å². The Balaban J connectivity index is 1.96. The number of benzene rings is 2. The lowest BCUT2D eigenvalue weighted by Gasteiger charge is -2.28. The molecule has 28 heavy (non-hydrogen) atoms. The maximum atomic E-state index is 13.2. The van der Waals surface area contributed by atoms with E-state index in [9.17, 15) is 23.3 Å². The van der Waals surface area contributed by atoms with Crippen LogP contribution in [0.5, 0.6) is 0 Å². The minimum atomic E-state index is -3.21. The fourth-order valence-corrected chi connectivity index (χ4v) is 5.16. The van der Waals surface area contributed by atoms with Crippen LogP contribution in [0, 0.1) is 10.1 Å². The Bertz CT molecular complexity index is 986. The first-order valence-electron chi connectivity index (χ1n) is 9.13. The lowest BCUT2D eigenvalue weighted by molar-refractivity contribution is -0.385. The van der Waals surface area contributed by atoms with Gasteiger partial charge in [-0.3, -0.25) is 14.9 Å². The molecule has 1 aliphatic heterocycles. The van der Waals surface area contributed by atoms with Crippen molar-refractivity contribution in [3.63, 3.8) is 0 Å². The highest BCUT2D eigenvalue weighted by atomic mass is 32.2. The Hall–Kier alpha value is -2.74. The summed E-state index contributed by atoms with van der Waals surface area (Å²) in [6.07, 6.45) is 1.22. The van der Waals surface area contributed by atoms with Gasteiger partial charge in [-0.2, -0.15) is 0 Å². The highest BCUT2D eigenvalue weighted by molar-refractivity contribution is 7.91. The van der Waals surface area contributed by atoms with Crippen molar-refractivity contribution in [2.45, 2.75) is 32.4 Å². The molecule has 1 saturated heterocycles. The fourth-order valence-electron chi connectivity index (χ4n) is 3.43. The van der Waals surface area contributed by atoms with Crippen LogP contribution in [0.1, 0.15) is 34.8 Å². The predicted molar refractivity (Wildman–Crippen MR) is 106 cm³/mol. The number of nitro groups is 1. The maximum Gasteiger partial charge on any atom is 0.282 e. The summed E-state index contributed by atoms with van der Waals surface area (Å²) in [6, 6.07) is 13.0. The molecule has 8 heteroatoms. The first-order chi connectivity index (χ1) is 13.3. The summed E-state index contributed by atoms with van der Waals surface area (Å²) in [4.78, 5) is 25.4. The minimum Gasteiger partial charge on any atom is -0.330 e. The first-order valence-corrected chi connectivity index (χ1v) is 11.0. The van der Waals surface area contributed by atoms with E-state index in [0.29, 0.717) is 6.42 Å². The molecule has 0 bridgehead atoms. The number of nitrogens with zero attached hydrogens (tertiary/aromatic N) is 2. The maximum absolute atomic E-state index is 13.2. The molecule has 1 heterocycles. The van der Waals surface area contributed by atoms with Crippen LogP contribution in [0.15, 0.2) is 48.5 Å². The molecular weight excluding hydrogens is 380 g/mol. The molecule has 2 aromatic rings. The Labute approximate surface area is 164 Å². The molecule has 7 nitrogen and oxygen atoms in total. The quantitative estimate of drug-likeness (QED) is 0.546. The van der Waals surface area contributed by atoms with E-state index < -0.39 is 26.7 Å². The minimum absolute atomic E-state index is 0.0209. The summed E-state index contributed by atoms with van der Waals surface area (Å²) >= 11 is 0. The van der Waals surface area contributed by atoms with Crippen molar-refractivity contribution in [2.24, 2.45) is 0 Å². The summed E-state index contributed by atoms with van der Waals surface area (Å²) in [5.74, 6) is -0.617. The van der Waals surface area contributed by atoms with Gasteiger partial charge in [0.25, 0.3) is 11.6 Å². The number of para-hydroxylation sites is 1. The number of carbonyl (C=O) groups is 1. The SMILES string of the molecule is CCc1ccc(CN(C(=O)c2ccccc2[N+](=O)[O-])[C@H]2CCS(=O)(=O)C2)cc1. The van der Waals surface area contributed by atoms with Gasteiger partial charge in [0, 0.05) is 18.7 Å².